The summed E-state index contributed by atoms with van der Waals surface area (Å²) in [4.78, 5) is 38.6. The Balaban J connectivity index is 0.000000120. The average molecular weight is 1680 g/mol. The van der Waals surface area contributed by atoms with E-state index >= 15 is 0 Å². The first-order valence-electron chi connectivity index (χ1n) is 42.6. The van der Waals surface area contributed by atoms with Crippen molar-refractivity contribution in [2.45, 2.75) is 38.9 Å². The number of hydrogen-bond donors (Lipinski definition) is 0. The molecule has 1 saturated heterocycles. The highest BCUT2D eigenvalue weighted by atomic mass is 35.5. The van der Waals surface area contributed by atoms with E-state index < -0.39 is 7.12 Å². The van der Waals surface area contributed by atoms with Crippen LogP contribution < -0.4 is 5.46 Å². The van der Waals surface area contributed by atoms with Crippen molar-refractivity contribution in [1.29, 1.82) is 0 Å². The minimum atomic E-state index is -0.392. The molecule has 9 heterocycles. The van der Waals surface area contributed by atoms with Crippen LogP contribution in [-0.4, -0.2) is 76.5 Å². The highest BCUT2D eigenvalue weighted by Crippen LogP contribution is 2.42. The van der Waals surface area contributed by atoms with Gasteiger partial charge in [-0.1, -0.05) is 188 Å². The SMILES string of the molecule is CC1(C)OB(c2ccc3oc(-c4ccccc4)nc3c2)OC1(C)C.Clc1nc(-c2ccc(-n3c4ccccc4c4ccccc43)cc2)nc(-c2ccc(-n3c4ccccc4c4ccccc43)cc2)n1.c1ccc(-c2nc3cc(-c4nc(-c5ccc(-n6c7ccccc7c7ccccc76)cc5)nc(-c5ccc(-n6c7ccccc7c7ccccc76)cc5)n4)ccc3o2)cc1. The molecule has 0 aliphatic carbocycles. The second-order valence-corrected chi connectivity index (χ2v) is 33.3. The first-order chi connectivity index (χ1) is 62.8. The number of fused-ring (bicyclic) bond motifs is 14. The maximum Gasteiger partial charge on any atom is 0.494 e. The fraction of sp³-hybridized carbons (Fsp3) is 0.0545. The predicted octanol–water partition coefficient (Wildman–Crippen LogP) is 26.7. The number of oxazole rings is 2. The molecule has 0 N–H and O–H groups in total. The third-order valence-electron chi connectivity index (χ3n) is 24.7. The third-order valence-corrected chi connectivity index (χ3v) is 24.9. The van der Waals surface area contributed by atoms with Crippen LogP contribution in [0.3, 0.4) is 0 Å². The lowest BCUT2D eigenvalue weighted by molar-refractivity contribution is 0.00578. The quantitative estimate of drug-likeness (QED) is 0.106. The van der Waals surface area contributed by atoms with Crippen LogP contribution in [0.4, 0.5) is 0 Å². The second kappa shape index (κ2) is 31.3. The van der Waals surface area contributed by atoms with E-state index in [4.69, 9.17) is 54.7 Å². The van der Waals surface area contributed by atoms with Crippen LogP contribution in [0.25, 0.3) is 212 Å². The van der Waals surface area contributed by atoms with Crippen LogP contribution >= 0.6 is 11.6 Å². The van der Waals surface area contributed by atoms with Crippen molar-refractivity contribution in [2.75, 3.05) is 0 Å². The summed E-state index contributed by atoms with van der Waals surface area (Å²) in [5.41, 5.74) is 23.0. The molecule has 0 spiro atoms. The minimum absolute atomic E-state index is 0.160. The molecule has 0 atom stereocenters. The fourth-order valence-corrected chi connectivity index (χ4v) is 17.9. The van der Waals surface area contributed by atoms with Gasteiger partial charge in [0.15, 0.2) is 40.3 Å². The van der Waals surface area contributed by atoms with E-state index in [0.717, 1.165) is 106 Å². The van der Waals surface area contributed by atoms with Crippen molar-refractivity contribution in [1.82, 2.24) is 58.1 Å². The summed E-state index contributed by atoms with van der Waals surface area (Å²) >= 11 is 6.47. The summed E-state index contributed by atoms with van der Waals surface area (Å²) in [6.07, 6.45) is 0. The molecule has 0 radical (unpaired) electrons. The molecule has 16 aromatic carbocycles. The Morgan fingerprint density at radius 3 is 0.773 bits per heavy atom. The molecule has 1 aliphatic heterocycles. The van der Waals surface area contributed by atoms with Gasteiger partial charge < -0.3 is 36.4 Å². The van der Waals surface area contributed by atoms with Gasteiger partial charge in [-0.2, -0.15) is 9.97 Å². The molecule has 8 aromatic heterocycles. The molecule has 1 aliphatic rings. The van der Waals surface area contributed by atoms with Gasteiger partial charge in [-0.15, -0.1) is 0 Å². The Labute approximate surface area is 740 Å². The van der Waals surface area contributed by atoms with Crippen molar-refractivity contribution in [3.63, 3.8) is 0 Å². The maximum absolute atomic E-state index is 6.47. The molecule has 0 saturated carbocycles. The van der Waals surface area contributed by atoms with Gasteiger partial charge in [0, 0.05) is 105 Å². The molecule has 128 heavy (non-hydrogen) atoms. The second-order valence-electron chi connectivity index (χ2n) is 33.0. The lowest BCUT2D eigenvalue weighted by Crippen LogP contribution is -2.41. The largest absolute Gasteiger partial charge is 0.494 e. The summed E-state index contributed by atoms with van der Waals surface area (Å²) in [7, 11) is -0.392. The molecule has 610 valence electrons. The van der Waals surface area contributed by atoms with Crippen LogP contribution in [0.5, 0.6) is 0 Å². The molecule has 16 nitrogen and oxygen atoms in total. The van der Waals surface area contributed by atoms with Crippen LogP contribution in [0.15, 0.2) is 397 Å². The Morgan fingerprint density at radius 1 is 0.234 bits per heavy atom. The van der Waals surface area contributed by atoms with Gasteiger partial charge in [-0.3, -0.25) is 0 Å². The van der Waals surface area contributed by atoms with Crippen molar-refractivity contribution >= 4 is 134 Å². The van der Waals surface area contributed by atoms with Gasteiger partial charge in [0.2, 0.25) is 17.1 Å². The van der Waals surface area contributed by atoms with E-state index in [1.807, 2.05) is 121 Å². The highest BCUT2D eigenvalue weighted by Gasteiger charge is 2.52. The molecule has 24 aromatic rings. The Morgan fingerprint density at radius 2 is 0.477 bits per heavy atom. The van der Waals surface area contributed by atoms with Crippen LogP contribution in [-0.2, 0) is 9.31 Å². The third kappa shape index (κ3) is 13.7. The number of aromatic nitrogens is 12. The van der Waals surface area contributed by atoms with E-state index in [2.05, 4.69) is 328 Å². The standard InChI is InChI=1S/C52H32N6O.C39H24ClN5.C19H20BNO3/c1-2-12-35(13-3-1)52-53-43-32-36(26-31-48(43)59-52)51-55-49(33-22-27-37(28-23-33)57-44-18-8-4-14-39(44)40-15-5-9-19-45(40)57)54-50(56-51)34-24-29-38(30-25-34)58-46-20-10-6-16-41(46)42-17-7-11-21-47(42)58;40-39-42-37(25-17-21-27(22-18-25)44-33-13-5-1-9-29(33)30-10-2-6-14-34(30)44)41-38(43-39)26-19-23-28(24-20-26)45-35-15-7-3-11-31(35)32-12-4-8-16-36(32)45;1-18(2)19(3,4)24-20(23-18)14-10-11-16-15(12-14)21-17(22-16)13-8-6-5-7-9-13/h1-32H;1-24H;5-12H,1-4H3. The van der Waals surface area contributed by atoms with Gasteiger partial charge in [0.1, 0.15) is 11.0 Å². The maximum atomic E-state index is 6.47. The molecule has 1 fully saturated rings. The van der Waals surface area contributed by atoms with E-state index in [9.17, 15) is 0 Å². The van der Waals surface area contributed by atoms with Crippen LogP contribution in [0.2, 0.25) is 5.28 Å². The molecule has 18 heteroatoms. The molecule has 0 unspecified atom stereocenters. The summed E-state index contributed by atoms with van der Waals surface area (Å²) < 4.78 is 33.4. The smallest absolute Gasteiger partial charge is 0.436 e. The molecule has 0 bridgehead atoms. The van der Waals surface area contributed by atoms with Gasteiger partial charge in [-0.05, 0) is 245 Å². The number of nitrogens with zero attached hydrogens (tertiary/aromatic N) is 12. The minimum Gasteiger partial charge on any atom is -0.436 e. The van der Waals surface area contributed by atoms with Crippen molar-refractivity contribution in [2.24, 2.45) is 0 Å². The topological polar surface area (TPSA) is 168 Å². The molecule has 25 rings (SSSR count). The van der Waals surface area contributed by atoms with E-state index in [-0.39, 0.29) is 16.5 Å². The highest BCUT2D eigenvalue weighted by molar-refractivity contribution is 6.62. The zero-order chi connectivity index (χ0) is 85.7. The van der Waals surface area contributed by atoms with Gasteiger partial charge in [0.05, 0.1) is 55.3 Å². The van der Waals surface area contributed by atoms with Gasteiger partial charge in [0.25, 0.3) is 0 Å². The van der Waals surface area contributed by atoms with Gasteiger partial charge >= 0.3 is 7.12 Å². The summed E-state index contributed by atoms with van der Waals surface area (Å²) in [6.45, 7) is 8.20. The zero-order valence-electron chi connectivity index (χ0n) is 69.9. The fourth-order valence-electron chi connectivity index (χ4n) is 17.8. The monoisotopic (exact) mass is 1670 g/mol. The first kappa shape index (κ1) is 76.8. The molecular weight excluding hydrogens is 1600 g/mol. The number of hydrogen-bond acceptors (Lipinski definition) is 12. The van der Waals surface area contributed by atoms with Crippen molar-refractivity contribution in [3.05, 3.63) is 394 Å². The Hall–Kier alpha value is -16.0. The number of benzene rings is 16. The predicted molar refractivity (Wildman–Crippen MR) is 517 cm³/mol. The summed E-state index contributed by atoms with van der Waals surface area (Å²) in [5.74, 6) is 3.97. The zero-order valence-corrected chi connectivity index (χ0v) is 70.7. The number of rotatable bonds is 12. The lowest BCUT2D eigenvalue weighted by atomic mass is 9.79. The van der Waals surface area contributed by atoms with Crippen LogP contribution in [0.1, 0.15) is 27.7 Å². The van der Waals surface area contributed by atoms with Crippen molar-refractivity contribution < 1.29 is 18.1 Å². The molecular formula is C110H76BClN12O4. The van der Waals surface area contributed by atoms with Crippen molar-refractivity contribution in [3.8, 4) is 103 Å². The molecule has 0 amide bonds. The van der Waals surface area contributed by atoms with Gasteiger partial charge in [-0.25, -0.2) is 29.9 Å². The van der Waals surface area contributed by atoms with Crippen LogP contribution in [0, 0.1) is 0 Å². The Kier molecular flexibility index (Phi) is 18.8. The van der Waals surface area contributed by atoms with E-state index in [1.165, 1.54) is 65.2 Å². The average Bonchev–Trinajstić information content (AvgIpc) is 1.60. The van der Waals surface area contributed by atoms with E-state index in [1.54, 1.807) is 0 Å². The van der Waals surface area contributed by atoms with E-state index in [0.29, 0.717) is 46.5 Å². The summed E-state index contributed by atoms with van der Waals surface area (Å²) in [6, 6.07) is 133. The number of halogens is 1. The normalized spacial score (nSPS) is 13.1. The Bertz CT molecular complexity index is 7830. The first-order valence-corrected chi connectivity index (χ1v) is 43.0. The number of para-hydroxylation sites is 8. The summed E-state index contributed by atoms with van der Waals surface area (Å²) in [5, 5.41) is 9.99. The lowest BCUT2D eigenvalue weighted by Gasteiger charge is -2.32.